The fraction of sp³-hybridized carbons (Fsp3) is 0.200. The van der Waals surface area contributed by atoms with E-state index in [0.29, 0.717) is 16.5 Å². The second kappa shape index (κ2) is 10.3. The van der Waals surface area contributed by atoms with Crippen molar-refractivity contribution in [2.24, 2.45) is 0 Å². The van der Waals surface area contributed by atoms with Crippen molar-refractivity contribution in [1.29, 1.82) is 0 Å². The summed E-state index contributed by atoms with van der Waals surface area (Å²) in [5, 5.41) is 14.5. The molecule has 1 unspecified atom stereocenters. The largest absolute Gasteiger partial charge is 0.482 e. The number of aryl methyl sites for hydroxylation is 1. The molecule has 1 atom stereocenters. The van der Waals surface area contributed by atoms with Gasteiger partial charge in [-0.25, -0.2) is 4.79 Å². The summed E-state index contributed by atoms with van der Waals surface area (Å²) in [6, 6.07) is 18.8. The summed E-state index contributed by atoms with van der Waals surface area (Å²) in [5.41, 5.74) is 5.18. The maximum absolute atomic E-state index is 14.0. The zero-order valence-electron chi connectivity index (χ0n) is 21.3. The van der Waals surface area contributed by atoms with Crippen LogP contribution in [0.25, 0.3) is 21.8 Å². The minimum atomic E-state index is -1.04. The van der Waals surface area contributed by atoms with Crippen molar-refractivity contribution in [3.8, 4) is 5.75 Å². The van der Waals surface area contributed by atoms with Crippen LogP contribution in [-0.4, -0.2) is 33.1 Å². The molecule has 0 fully saturated rings. The summed E-state index contributed by atoms with van der Waals surface area (Å²) in [6.07, 6.45) is 3.87. The number of nitrogens with zero attached hydrogens (tertiary/aromatic N) is 1. The first-order valence-electron chi connectivity index (χ1n) is 12.3. The molecule has 5 aromatic rings. The lowest BCUT2D eigenvalue weighted by molar-refractivity contribution is -0.139. The number of benzene rings is 3. The normalized spacial score (nSPS) is 12.2. The van der Waals surface area contributed by atoms with E-state index < -0.39 is 18.5 Å². The Morgan fingerprint density at radius 2 is 1.76 bits per heavy atom. The lowest BCUT2D eigenvalue weighted by Gasteiger charge is -2.17. The maximum Gasteiger partial charge on any atom is 0.341 e. The van der Waals surface area contributed by atoms with Crippen molar-refractivity contribution in [2.75, 3.05) is 11.9 Å². The van der Waals surface area contributed by atoms with Gasteiger partial charge >= 0.3 is 5.97 Å². The van der Waals surface area contributed by atoms with Gasteiger partial charge in [-0.05, 0) is 68.3 Å². The number of hydrogen-bond donors (Lipinski definition) is 3. The van der Waals surface area contributed by atoms with Crippen LogP contribution in [-0.2, 0) is 9.59 Å². The molecule has 0 bridgehead atoms. The molecule has 0 aliphatic rings. The summed E-state index contributed by atoms with van der Waals surface area (Å²) in [4.78, 5) is 28.3. The fourth-order valence-corrected chi connectivity index (χ4v) is 4.98. The van der Waals surface area contributed by atoms with Crippen molar-refractivity contribution in [3.05, 3.63) is 94.8 Å². The van der Waals surface area contributed by atoms with Crippen LogP contribution in [0.15, 0.2) is 73.1 Å². The summed E-state index contributed by atoms with van der Waals surface area (Å²) in [6.45, 7) is 5.69. The van der Waals surface area contributed by atoms with Crippen molar-refractivity contribution in [3.63, 3.8) is 0 Å². The van der Waals surface area contributed by atoms with Gasteiger partial charge in [0, 0.05) is 51.5 Å². The number of carbonyl (C=O) groups excluding carboxylic acids is 1. The number of aromatic amines is 1. The number of anilines is 1. The molecule has 194 valence electrons. The Morgan fingerprint density at radius 1 is 1.03 bits per heavy atom. The molecule has 5 rings (SSSR count). The number of carbonyl (C=O) groups is 2. The molecular weight excluding hydrogens is 502 g/mol. The van der Waals surface area contributed by atoms with Gasteiger partial charge in [0.1, 0.15) is 5.75 Å². The second-order valence-electron chi connectivity index (χ2n) is 9.67. The molecule has 38 heavy (non-hydrogen) atoms. The van der Waals surface area contributed by atoms with Crippen LogP contribution < -0.4 is 10.1 Å². The van der Waals surface area contributed by atoms with Crippen LogP contribution >= 0.6 is 11.6 Å². The zero-order chi connectivity index (χ0) is 27.0. The molecule has 7 nitrogen and oxygen atoms in total. The number of H-pyrrole nitrogens is 1. The van der Waals surface area contributed by atoms with Crippen LogP contribution in [0.4, 0.5) is 5.69 Å². The molecule has 8 heteroatoms. The summed E-state index contributed by atoms with van der Waals surface area (Å²) < 4.78 is 7.53. The number of halogens is 1. The predicted octanol–water partition coefficient (Wildman–Crippen LogP) is 6.90. The highest BCUT2D eigenvalue weighted by atomic mass is 35.5. The van der Waals surface area contributed by atoms with E-state index in [1.807, 2.05) is 73.9 Å². The summed E-state index contributed by atoms with van der Waals surface area (Å²) >= 11 is 6.23. The first kappa shape index (κ1) is 25.4. The third-order valence-corrected chi connectivity index (χ3v) is 6.87. The number of carboxylic acid groups (broad SMARTS) is 1. The second-order valence-corrected chi connectivity index (χ2v) is 10.1. The highest BCUT2D eigenvalue weighted by Crippen LogP contribution is 2.39. The van der Waals surface area contributed by atoms with Crippen LogP contribution in [0.2, 0.25) is 5.02 Å². The Balaban J connectivity index is 1.67. The molecule has 3 aromatic carbocycles. The number of aliphatic carboxylic acids is 1. The number of rotatable bonds is 8. The molecule has 3 N–H and O–H groups in total. The third kappa shape index (κ3) is 4.97. The smallest absolute Gasteiger partial charge is 0.341 e. The number of nitrogens with one attached hydrogen (secondary N) is 2. The van der Waals surface area contributed by atoms with Crippen molar-refractivity contribution < 1.29 is 19.4 Å². The Kier molecular flexibility index (Phi) is 6.87. The number of ether oxygens (including phenoxy) is 1. The number of aromatic nitrogens is 2. The minimum Gasteiger partial charge on any atom is -0.482 e. The van der Waals surface area contributed by atoms with Gasteiger partial charge in [0.2, 0.25) is 5.91 Å². The van der Waals surface area contributed by atoms with E-state index in [0.717, 1.165) is 38.5 Å². The van der Waals surface area contributed by atoms with Crippen LogP contribution in [0.5, 0.6) is 5.75 Å². The number of fused-ring (bicyclic) bond motifs is 2. The SMILES string of the molecule is Cc1ccc(NC(=O)C(c2c[nH]c3cc(Cl)ccc23)c2cn(C(C)C)c3cc(OCC(=O)O)ccc23)cc1. The molecule has 1 amide bonds. The van der Waals surface area contributed by atoms with Gasteiger partial charge in [0.05, 0.1) is 11.4 Å². The van der Waals surface area contributed by atoms with Crippen LogP contribution in [0.1, 0.15) is 42.5 Å². The summed E-state index contributed by atoms with van der Waals surface area (Å²) in [5.74, 6) is -1.40. The quantitative estimate of drug-likeness (QED) is 0.204. The Morgan fingerprint density at radius 3 is 2.47 bits per heavy atom. The Labute approximate surface area is 225 Å². The van der Waals surface area contributed by atoms with E-state index in [1.54, 1.807) is 6.07 Å². The van der Waals surface area contributed by atoms with Gasteiger partial charge in [-0.1, -0.05) is 35.4 Å². The van der Waals surface area contributed by atoms with Crippen LogP contribution in [0, 0.1) is 6.92 Å². The monoisotopic (exact) mass is 529 g/mol. The number of carboxylic acids is 1. The van der Waals surface area contributed by atoms with Crippen molar-refractivity contribution in [1.82, 2.24) is 9.55 Å². The van der Waals surface area contributed by atoms with E-state index >= 15 is 0 Å². The fourth-order valence-electron chi connectivity index (χ4n) is 4.81. The molecule has 0 saturated heterocycles. The van der Waals surface area contributed by atoms with Gasteiger partial charge in [-0.2, -0.15) is 0 Å². The van der Waals surface area contributed by atoms with Crippen molar-refractivity contribution >= 4 is 51.0 Å². The van der Waals surface area contributed by atoms with E-state index in [4.69, 9.17) is 21.4 Å². The van der Waals surface area contributed by atoms with E-state index in [2.05, 4.69) is 28.7 Å². The van der Waals surface area contributed by atoms with Gasteiger partial charge in [0.15, 0.2) is 6.61 Å². The van der Waals surface area contributed by atoms with Gasteiger partial charge in [0.25, 0.3) is 0 Å². The van der Waals surface area contributed by atoms with Crippen LogP contribution in [0.3, 0.4) is 0 Å². The Hall–Kier alpha value is -4.23. The van der Waals surface area contributed by atoms with Gasteiger partial charge in [-0.3, -0.25) is 4.79 Å². The molecule has 0 aliphatic heterocycles. The lowest BCUT2D eigenvalue weighted by atomic mass is 9.89. The first-order valence-corrected chi connectivity index (χ1v) is 12.7. The number of amides is 1. The van der Waals surface area contributed by atoms with E-state index in [1.165, 1.54) is 0 Å². The van der Waals surface area contributed by atoms with Crippen molar-refractivity contribution in [2.45, 2.75) is 32.7 Å². The standard InChI is InChI=1S/C30H28ClN3O4/c1-17(2)34-15-25(23-11-9-21(13-27(23)34)38-16-28(35)36)29(30(37)33-20-7-4-18(3)5-8-20)24-14-32-26-12-19(31)6-10-22(24)26/h4-15,17,29,32H,16H2,1-3H3,(H,33,37)(H,35,36). The van der Waals surface area contributed by atoms with E-state index in [-0.39, 0.29) is 11.9 Å². The number of hydrogen-bond acceptors (Lipinski definition) is 3. The predicted molar refractivity (Wildman–Crippen MR) is 150 cm³/mol. The molecule has 0 aliphatic carbocycles. The average Bonchev–Trinajstić information content (AvgIpc) is 3.46. The molecule has 0 radical (unpaired) electrons. The lowest BCUT2D eigenvalue weighted by Crippen LogP contribution is -2.22. The molecule has 0 spiro atoms. The topological polar surface area (TPSA) is 96.4 Å². The van der Waals surface area contributed by atoms with E-state index in [9.17, 15) is 9.59 Å². The maximum atomic E-state index is 14.0. The third-order valence-electron chi connectivity index (χ3n) is 6.63. The first-order chi connectivity index (χ1) is 18.2. The molecule has 2 aromatic heterocycles. The van der Waals surface area contributed by atoms with Gasteiger partial charge in [-0.15, -0.1) is 0 Å². The van der Waals surface area contributed by atoms with Gasteiger partial charge < -0.3 is 24.7 Å². The average molecular weight is 530 g/mol. The molecule has 0 saturated carbocycles. The zero-order valence-corrected chi connectivity index (χ0v) is 22.0. The summed E-state index contributed by atoms with van der Waals surface area (Å²) in [7, 11) is 0. The highest BCUT2D eigenvalue weighted by molar-refractivity contribution is 6.31. The molecular formula is C30H28ClN3O4. The Bertz CT molecular complexity index is 1650. The highest BCUT2D eigenvalue weighted by Gasteiger charge is 2.30. The molecule has 2 heterocycles. The minimum absolute atomic E-state index is 0.0866.